The van der Waals surface area contributed by atoms with E-state index in [1.54, 1.807) is 13.3 Å². The van der Waals surface area contributed by atoms with Crippen LogP contribution in [0.1, 0.15) is 17.1 Å². The molecule has 0 atom stereocenters. The molecule has 0 aliphatic heterocycles. The molecule has 0 fully saturated rings. The molecule has 2 heterocycles. The van der Waals surface area contributed by atoms with E-state index in [-0.39, 0.29) is 0 Å². The van der Waals surface area contributed by atoms with Crippen LogP contribution in [0, 0.1) is 13.8 Å². The normalized spacial score (nSPS) is 11.3. The van der Waals surface area contributed by atoms with Crippen molar-refractivity contribution in [3.8, 4) is 17.2 Å². The van der Waals surface area contributed by atoms with Gasteiger partial charge in [0.25, 0.3) is 0 Å². The van der Waals surface area contributed by atoms with Crippen molar-refractivity contribution in [1.29, 1.82) is 0 Å². The molecule has 4 rings (SSSR count). The lowest BCUT2D eigenvalue weighted by Gasteiger charge is -2.07. The number of hydrogen-bond acceptors (Lipinski definition) is 6. The van der Waals surface area contributed by atoms with Gasteiger partial charge in [-0.2, -0.15) is 5.10 Å². The van der Waals surface area contributed by atoms with E-state index in [1.165, 1.54) is 0 Å². The summed E-state index contributed by atoms with van der Waals surface area (Å²) in [5, 5.41) is 5.35. The third-order valence-electron chi connectivity index (χ3n) is 4.44. The summed E-state index contributed by atoms with van der Waals surface area (Å²) in [4.78, 5) is 9.10. The average Bonchev–Trinajstić information content (AvgIpc) is 3.09. The van der Waals surface area contributed by atoms with Gasteiger partial charge in [0.05, 0.1) is 24.5 Å². The van der Waals surface area contributed by atoms with Gasteiger partial charge in [-0.25, -0.2) is 4.98 Å². The van der Waals surface area contributed by atoms with Crippen LogP contribution < -0.4 is 10.2 Å². The van der Waals surface area contributed by atoms with Gasteiger partial charge in [0.15, 0.2) is 0 Å². The highest BCUT2D eigenvalue weighted by atomic mass is 79.9. The predicted octanol–water partition coefficient (Wildman–Crippen LogP) is 5.72. The number of aromatic nitrogens is 2. The summed E-state index contributed by atoms with van der Waals surface area (Å²) in [6, 6.07) is 15.5. The van der Waals surface area contributed by atoms with Gasteiger partial charge >= 0.3 is 0 Å². The molecule has 1 N–H and O–H groups in total. The number of aryl methyl sites for hydroxylation is 2. The van der Waals surface area contributed by atoms with E-state index in [9.17, 15) is 0 Å². The Balaban J connectivity index is 1.58. The molecule has 0 aliphatic rings. The Kier molecular flexibility index (Phi) is 5.31. The lowest BCUT2D eigenvalue weighted by molar-refractivity contribution is 0.415. The zero-order valence-electron chi connectivity index (χ0n) is 16.2. The van der Waals surface area contributed by atoms with Gasteiger partial charge in [-0.1, -0.05) is 15.9 Å². The molecule has 0 aliphatic carbocycles. The lowest BCUT2D eigenvalue weighted by Crippen LogP contribution is -1.95. The number of benzene rings is 2. The van der Waals surface area contributed by atoms with E-state index < -0.39 is 0 Å². The zero-order valence-corrected chi connectivity index (χ0v) is 17.8. The maximum atomic E-state index is 5.79. The van der Waals surface area contributed by atoms with Crippen molar-refractivity contribution in [2.24, 2.45) is 5.10 Å². The first kappa shape index (κ1) is 19.1. The largest absolute Gasteiger partial charge is 0.497 e. The van der Waals surface area contributed by atoms with Gasteiger partial charge < -0.3 is 9.15 Å². The van der Waals surface area contributed by atoms with Gasteiger partial charge in [-0.15, -0.1) is 0 Å². The first-order valence-electron chi connectivity index (χ1n) is 9.01. The molecule has 2 aromatic heterocycles. The highest BCUT2D eigenvalue weighted by molar-refractivity contribution is 9.10. The van der Waals surface area contributed by atoms with Crippen LogP contribution in [-0.2, 0) is 0 Å². The Hall–Kier alpha value is -3.19. The molecule has 2 aromatic carbocycles. The summed E-state index contributed by atoms with van der Waals surface area (Å²) in [6.45, 7) is 3.82. The molecule has 0 spiro atoms. The summed E-state index contributed by atoms with van der Waals surface area (Å²) >= 11 is 3.51. The second kappa shape index (κ2) is 8.05. The number of nitrogens with one attached hydrogen (secondary N) is 1. The minimum atomic E-state index is 0.542. The maximum absolute atomic E-state index is 5.79. The SMILES string of the molecule is COc1ccc(-c2nc(/C=N/Nc3cc(C)nc4ccc(Br)cc34)c(C)o2)cc1. The molecule has 146 valence electrons. The lowest BCUT2D eigenvalue weighted by atomic mass is 10.1. The van der Waals surface area contributed by atoms with Gasteiger partial charge in [0.2, 0.25) is 5.89 Å². The van der Waals surface area contributed by atoms with Crippen LogP contribution in [-0.4, -0.2) is 23.3 Å². The maximum Gasteiger partial charge on any atom is 0.226 e. The van der Waals surface area contributed by atoms with Gasteiger partial charge in [-0.05, 0) is 62.4 Å². The Labute approximate surface area is 176 Å². The van der Waals surface area contributed by atoms with E-state index in [4.69, 9.17) is 9.15 Å². The molecular weight excluding hydrogens is 432 g/mol. The number of halogens is 1. The molecule has 0 saturated heterocycles. The summed E-state index contributed by atoms with van der Waals surface area (Å²) in [6.07, 6.45) is 1.66. The Bertz CT molecular complexity index is 1200. The van der Waals surface area contributed by atoms with Gasteiger partial charge in [-0.3, -0.25) is 10.4 Å². The van der Waals surface area contributed by atoms with Crippen LogP contribution in [0.25, 0.3) is 22.4 Å². The predicted molar refractivity (Wildman–Crippen MR) is 119 cm³/mol. The molecule has 0 amide bonds. The van der Waals surface area contributed by atoms with Crippen LogP contribution in [0.2, 0.25) is 0 Å². The van der Waals surface area contributed by atoms with Crippen LogP contribution >= 0.6 is 15.9 Å². The Morgan fingerprint density at radius 2 is 1.86 bits per heavy atom. The number of ether oxygens (including phenoxy) is 1. The van der Waals surface area contributed by atoms with Crippen LogP contribution in [0.15, 0.2) is 62.5 Å². The van der Waals surface area contributed by atoms with Crippen LogP contribution in [0.4, 0.5) is 5.69 Å². The summed E-state index contributed by atoms with van der Waals surface area (Å²) in [5.41, 5.74) is 7.35. The van der Waals surface area contributed by atoms with Crippen molar-refractivity contribution in [3.63, 3.8) is 0 Å². The fourth-order valence-corrected chi connectivity index (χ4v) is 3.33. The molecule has 0 saturated carbocycles. The third-order valence-corrected chi connectivity index (χ3v) is 4.93. The number of nitrogens with zero attached hydrogens (tertiary/aromatic N) is 3. The monoisotopic (exact) mass is 450 g/mol. The number of rotatable bonds is 5. The zero-order chi connectivity index (χ0) is 20.4. The minimum Gasteiger partial charge on any atom is -0.497 e. The van der Waals surface area contributed by atoms with E-state index in [0.717, 1.165) is 38.1 Å². The Morgan fingerprint density at radius 1 is 1.07 bits per heavy atom. The Morgan fingerprint density at radius 3 is 2.62 bits per heavy atom. The summed E-state index contributed by atoms with van der Waals surface area (Å²) in [5.74, 6) is 2.02. The minimum absolute atomic E-state index is 0.542. The second-order valence-electron chi connectivity index (χ2n) is 6.53. The number of methoxy groups -OCH3 is 1. The first-order valence-corrected chi connectivity index (χ1v) is 9.80. The topological polar surface area (TPSA) is 72.5 Å². The van der Waals surface area contributed by atoms with Crippen molar-refractivity contribution >= 4 is 38.7 Å². The number of pyridine rings is 1. The molecule has 0 bridgehead atoms. The first-order chi connectivity index (χ1) is 14.0. The number of anilines is 1. The van der Waals surface area contributed by atoms with Crippen molar-refractivity contribution in [3.05, 3.63) is 70.2 Å². The average molecular weight is 451 g/mol. The third kappa shape index (κ3) is 4.14. The number of hydrazone groups is 1. The fourth-order valence-electron chi connectivity index (χ4n) is 2.97. The highest BCUT2D eigenvalue weighted by Gasteiger charge is 2.10. The number of oxazole rings is 1. The van der Waals surface area contributed by atoms with Gasteiger partial charge in [0, 0.05) is 21.1 Å². The number of hydrogen-bond donors (Lipinski definition) is 1. The summed E-state index contributed by atoms with van der Waals surface area (Å²) in [7, 11) is 1.64. The van der Waals surface area contributed by atoms with Crippen LogP contribution in [0.3, 0.4) is 0 Å². The van der Waals surface area contributed by atoms with Crippen molar-refractivity contribution in [2.75, 3.05) is 12.5 Å². The number of fused-ring (bicyclic) bond motifs is 1. The molecular formula is C22H19BrN4O2. The van der Waals surface area contributed by atoms with Gasteiger partial charge in [0.1, 0.15) is 17.2 Å². The highest BCUT2D eigenvalue weighted by Crippen LogP contribution is 2.27. The van der Waals surface area contributed by atoms with E-state index in [1.807, 2.05) is 62.4 Å². The summed E-state index contributed by atoms with van der Waals surface area (Å²) < 4.78 is 12.0. The van der Waals surface area contributed by atoms with E-state index >= 15 is 0 Å². The molecule has 7 heteroatoms. The molecule has 29 heavy (non-hydrogen) atoms. The smallest absolute Gasteiger partial charge is 0.226 e. The quantitative estimate of drug-likeness (QED) is 0.310. The van der Waals surface area contributed by atoms with Crippen molar-refractivity contribution < 1.29 is 9.15 Å². The molecule has 6 nitrogen and oxygen atoms in total. The van der Waals surface area contributed by atoms with Crippen molar-refractivity contribution in [2.45, 2.75) is 13.8 Å². The standard InChI is InChI=1S/C22H19BrN4O2/c1-13-10-20(18-11-16(23)6-9-19(18)25-13)27-24-12-21-14(2)29-22(26-21)15-4-7-17(28-3)8-5-15/h4-12H,1-3H3,(H,25,27)/b24-12+. The molecule has 0 unspecified atom stereocenters. The van der Waals surface area contributed by atoms with E-state index in [2.05, 4.69) is 36.4 Å². The van der Waals surface area contributed by atoms with Crippen molar-refractivity contribution in [1.82, 2.24) is 9.97 Å². The molecule has 0 radical (unpaired) electrons. The molecule has 4 aromatic rings. The van der Waals surface area contributed by atoms with E-state index in [0.29, 0.717) is 17.3 Å². The second-order valence-corrected chi connectivity index (χ2v) is 7.45. The fraction of sp³-hybridized carbons (Fsp3) is 0.136. The van der Waals surface area contributed by atoms with Crippen LogP contribution in [0.5, 0.6) is 5.75 Å².